The maximum atomic E-state index is 14.2. The summed E-state index contributed by atoms with van der Waals surface area (Å²) in [5.41, 5.74) is 10.6. The molecule has 0 aliphatic carbocycles. The van der Waals surface area contributed by atoms with Crippen LogP contribution in [0.15, 0.2) is 90.2 Å². The van der Waals surface area contributed by atoms with E-state index in [-0.39, 0.29) is 11.6 Å². The van der Waals surface area contributed by atoms with Gasteiger partial charge in [-0.3, -0.25) is 14.0 Å². The number of nitrogens with two attached hydrogens (primary N) is 1. The number of nitrogens with zero attached hydrogens (tertiary/aromatic N) is 6. The van der Waals surface area contributed by atoms with Crippen LogP contribution in [0.1, 0.15) is 35.3 Å². The van der Waals surface area contributed by atoms with E-state index in [2.05, 4.69) is 32.3 Å². The summed E-state index contributed by atoms with van der Waals surface area (Å²) >= 11 is 0. The van der Waals surface area contributed by atoms with Crippen molar-refractivity contribution < 1.29 is 0 Å². The van der Waals surface area contributed by atoms with Crippen LogP contribution in [-0.2, 0) is 13.6 Å². The quantitative estimate of drug-likeness (QED) is 0.341. The number of fused-ring (bicyclic) bond motifs is 2. The van der Waals surface area contributed by atoms with Gasteiger partial charge in [0.25, 0.3) is 5.56 Å². The minimum atomic E-state index is -0.203. The minimum Gasteiger partial charge on any atom is -0.382 e. The zero-order valence-corrected chi connectivity index (χ0v) is 21.5. The average Bonchev–Trinajstić information content (AvgIpc) is 3.52. The number of nitrogens with one attached hydrogen (secondary N) is 1. The Kier molecular flexibility index (Phi) is 6.15. The molecule has 192 valence electrons. The van der Waals surface area contributed by atoms with Gasteiger partial charge in [0.1, 0.15) is 0 Å². The van der Waals surface area contributed by atoms with Crippen LogP contribution in [0.5, 0.6) is 0 Å². The largest absolute Gasteiger partial charge is 0.382 e. The lowest BCUT2D eigenvalue weighted by Crippen LogP contribution is -2.29. The molecule has 3 N–H and O–H groups in total. The van der Waals surface area contributed by atoms with Crippen molar-refractivity contribution in [3.63, 3.8) is 0 Å². The number of hydrogen-bond donors (Lipinski definition) is 2. The van der Waals surface area contributed by atoms with Gasteiger partial charge in [-0.2, -0.15) is 5.10 Å². The van der Waals surface area contributed by atoms with E-state index in [0.717, 1.165) is 27.9 Å². The van der Waals surface area contributed by atoms with E-state index in [1.165, 1.54) is 0 Å². The normalized spacial score (nSPS) is 11.9. The van der Waals surface area contributed by atoms with Crippen LogP contribution in [0.2, 0.25) is 0 Å². The lowest BCUT2D eigenvalue weighted by molar-refractivity contribution is 0.550. The number of anilines is 1. The fourth-order valence-corrected chi connectivity index (χ4v) is 4.75. The van der Waals surface area contributed by atoms with Crippen LogP contribution in [0, 0.1) is 11.8 Å². The van der Waals surface area contributed by atoms with Crippen molar-refractivity contribution in [3.8, 4) is 17.5 Å². The van der Waals surface area contributed by atoms with E-state index in [4.69, 9.17) is 5.73 Å². The predicted molar refractivity (Wildman–Crippen MR) is 151 cm³/mol. The first kappa shape index (κ1) is 24.2. The Balaban J connectivity index is 1.45. The van der Waals surface area contributed by atoms with Crippen LogP contribution in [0.3, 0.4) is 0 Å². The van der Waals surface area contributed by atoms with Gasteiger partial charge >= 0.3 is 0 Å². The third-order valence-electron chi connectivity index (χ3n) is 6.69. The van der Waals surface area contributed by atoms with Crippen molar-refractivity contribution in [1.82, 2.24) is 34.3 Å². The Morgan fingerprint density at radius 1 is 1.08 bits per heavy atom. The average molecular weight is 515 g/mol. The van der Waals surface area contributed by atoms with E-state index in [0.29, 0.717) is 29.0 Å². The Bertz CT molecular complexity index is 1940. The lowest BCUT2D eigenvalue weighted by Gasteiger charge is -2.21. The molecule has 0 saturated heterocycles. The molecular weight excluding hydrogens is 488 g/mol. The van der Waals surface area contributed by atoms with Gasteiger partial charge < -0.3 is 11.1 Å². The van der Waals surface area contributed by atoms with Crippen LogP contribution in [0.4, 0.5) is 5.82 Å². The second-order valence-corrected chi connectivity index (χ2v) is 9.32. The van der Waals surface area contributed by atoms with Crippen LogP contribution >= 0.6 is 0 Å². The molecule has 0 spiro atoms. The van der Waals surface area contributed by atoms with Crippen molar-refractivity contribution >= 4 is 22.2 Å². The van der Waals surface area contributed by atoms with Crippen LogP contribution in [-0.4, -0.2) is 28.9 Å². The van der Waals surface area contributed by atoms with Crippen molar-refractivity contribution in [2.45, 2.75) is 19.5 Å². The molecule has 0 saturated carbocycles. The van der Waals surface area contributed by atoms with Crippen LogP contribution in [0.25, 0.3) is 22.1 Å². The van der Waals surface area contributed by atoms with E-state index < -0.39 is 0 Å². The summed E-state index contributed by atoms with van der Waals surface area (Å²) in [4.78, 5) is 18.6. The first-order valence-corrected chi connectivity index (χ1v) is 12.6. The molecule has 0 amide bonds. The molecule has 4 heterocycles. The number of benzene rings is 2. The van der Waals surface area contributed by atoms with E-state index in [1.807, 2.05) is 87.0 Å². The fourth-order valence-electron chi connectivity index (χ4n) is 4.75. The summed E-state index contributed by atoms with van der Waals surface area (Å²) in [6, 6.07) is 19.1. The molecule has 2 aromatic carbocycles. The van der Waals surface area contributed by atoms with E-state index in [9.17, 15) is 4.79 Å². The van der Waals surface area contributed by atoms with Gasteiger partial charge in [-0.15, -0.1) is 5.10 Å². The Morgan fingerprint density at radius 2 is 1.92 bits per heavy atom. The minimum absolute atomic E-state index is 0.129. The topological polar surface area (TPSA) is 108 Å². The zero-order valence-electron chi connectivity index (χ0n) is 21.5. The van der Waals surface area contributed by atoms with Gasteiger partial charge in [0.2, 0.25) is 0 Å². The van der Waals surface area contributed by atoms with Gasteiger partial charge in [-0.25, -0.2) is 9.50 Å². The molecule has 9 nitrogen and oxygen atoms in total. The van der Waals surface area contributed by atoms with E-state index in [1.54, 1.807) is 26.2 Å². The van der Waals surface area contributed by atoms with Crippen molar-refractivity contribution in [3.05, 3.63) is 118 Å². The number of para-hydroxylation sites is 1. The van der Waals surface area contributed by atoms with Crippen molar-refractivity contribution in [1.29, 1.82) is 0 Å². The molecule has 1 atom stereocenters. The summed E-state index contributed by atoms with van der Waals surface area (Å²) in [6.07, 6.45) is 7.08. The number of aryl methyl sites for hydroxylation is 1. The zero-order chi connectivity index (χ0) is 26.9. The van der Waals surface area contributed by atoms with E-state index >= 15 is 0 Å². The standard InChI is InChI=1S/C30H26N8O/c1-20(33-18-25-28(31)35-37-15-7-14-32-29(25)37)26-16-23-9-6-8-22(13-12-21-17-34-36(2)19-21)27(23)30(39)38(26)24-10-4-3-5-11-24/h3-11,14-17,19-20,33H,18H2,1-2H3,(H2,31,35)/t20-/m0/s1. The fraction of sp³-hybridized carbons (Fsp3) is 0.133. The maximum absolute atomic E-state index is 14.2. The predicted octanol–water partition coefficient (Wildman–Crippen LogP) is 3.60. The Labute approximate surface area is 224 Å². The van der Waals surface area contributed by atoms with Gasteiger partial charge in [-0.05, 0) is 42.6 Å². The summed E-state index contributed by atoms with van der Waals surface area (Å²) in [5.74, 6) is 6.74. The molecule has 39 heavy (non-hydrogen) atoms. The molecule has 0 aliphatic heterocycles. The molecule has 0 fully saturated rings. The molecule has 9 heteroatoms. The maximum Gasteiger partial charge on any atom is 0.264 e. The highest BCUT2D eigenvalue weighted by Gasteiger charge is 2.19. The molecule has 0 aliphatic rings. The highest BCUT2D eigenvalue weighted by atomic mass is 16.1. The first-order valence-electron chi connectivity index (χ1n) is 12.6. The molecule has 0 unspecified atom stereocenters. The molecule has 6 aromatic rings. The molecule has 6 rings (SSSR count). The first-order chi connectivity index (χ1) is 19.0. The second kappa shape index (κ2) is 9.93. The van der Waals surface area contributed by atoms with Crippen molar-refractivity contribution in [2.24, 2.45) is 7.05 Å². The molecular formula is C30H26N8O. The van der Waals surface area contributed by atoms with Crippen molar-refractivity contribution in [2.75, 3.05) is 5.73 Å². The summed E-state index contributed by atoms with van der Waals surface area (Å²) in [6.45, 7) is 2.46. The highest BCUT2D eigenvalue weighted by molar-refractivity contribution is 5.88. The number of hydrogen-bond acceptors (Lipinski definition) is 6. The SMILES string of the molecule is C[C@H](NCc1c(N)nn2cccnc12)c1cc2cccc(C#Cc3cnn(C)c3)c2c(=O)n1-c1ccccc1. The van der Waals surface area contributed by atoms with Gasteiger partial charge in [-0.1, -0.05) is 42.2 Å². The molecule has 0 radical (unpaired) electrons. The summed E-state index contributed by atoms with van der Waals surface area (Å²) < 4.78 is 5.13. The number of pyridine rings is 1. The van der Waals surface area contributed by atoms with Gasteiger partial charge in [0.05, 0.1) is 22.7 Å². The molecule has 0 bridgehead atoms. The summed E-state index contributed by atoms with van der Waals surface area (Å²) in [5, 5.41) is 13.5. The van der Waals surface area contributed by atoms with Crippen LogP contribution < -0.4 is 16.6 Å². The monoisotopic (exact) mass is 514 g/mol. The van der Waals surface area contributed by atoms with Gasteiger partial charge in [0, 0.05) is 55.2 Å². The number of aromatic nitrogens is 6. The Morgan fingerprint density at radius 3 is 2.72 bits per heavy atom. The second-order valence-electron chi connectivity index (χ2n) is 9.32. The lowest BCUT2D eigenvalue weighted by atomic mass is 10.0. The summed E-state index contributed by atoms with van der Waals surface area (Å²) in [7, 11) is 1.85. The number of nitrogen functional groups attached to an aromatic ring is 1. The molecule has 4 aromatic heterocycles. The highest BCUT2D eigenvalue weighted by Crippen LogP contribution is 2.24. The Hall–Kier alpha value is -5.20. The van der Waals surface area contributed by atoms with Gasteiger partial charge in [0.15, 0.2) is 11.5 Å². The third-order valence-corrected chi connectivity index (χ3v) is 6.69. The smallest absolute Gasteiger partial charge is 0.264 e. The third kappa shape index (κ3) is 4.54. The number of rotatable bonds is 5.